The van der Waals surface area contributed by atoms with Crippen molar-refractivity contribution >= 4 is 17.3 Å². The maximum atomic E-state index is 11.7. The van der Waals surface area contributed by atoms with Crippen molar-refractivity contribution in [3.63, 3.8) is 0 Å². The highest BCUT2D eigenvalue weighted by Gasteiger charge is 2.07. The van der Waals surface area contributed by atoms with E-state index < -0.39 is 0 Å². The van der Waals surface area contributed by atoms with Crippen LogP contribution in [0.4, 0.5) is 5.69 Å². The molecule has 0 aliphatic heterocycles. The molecule has 0 fully saturated rings. The van der Waals surface area contributed by atoms with Gasteiger partial charge in [0.05, 0.1) is 5.69 Å². The minimum atomic E-state index is -0.275. The van der Waals surface area contributed by atoms with E-state index in [2.05, 4.69) is 15.8 Å². The molecule has 1 amide bonds. The number of anilines is 1. The summed E-state index contributed by atoms with van der Waals surface area (Å²) >= 11 is 0. The van der Waals surface area contributed by atoms with E-state index in [4.69, 9.17) is 10.5 Å². The molecule has 0 spiro atoms. The fourth-order valence-corrected chi connectivity index (χ4v) is 1.34. The number of carbonyl (C=O) groups is 1. The number of nitrogens with one attached hydrogen (secondary N) is 2. The Morgan fingerprint density at radius 3 is 2.63 bits per heavy atom. The Morgan fingerprint density at radius 2 is 2.05 bits per heavy atom. The Balaban J connectivity index is 2.99. The minimum Gasteiger partial charge on any atom is -0.352 e. The lowest BCUT2D eigenvalue weighted by molar-refractivity contribution is 0.0956. The van der Waals surface area contributed by atoms with Crippen LogP contribution in [0.15, 0.2) is 23.3 Å². The lowest BCUT2D eigenvalue weighted by Crippen LogP contribution is -2.22. The second-order valence-corrected chi connectivity index (χ2v) is 3.68. The van der Waals surface area contributed by atoms with Gasteiger partial charge in [-0.15, -0.1) is 0 Å². The summed E-state index contributed by atoms with van der Waals surface area (Å²) in [5, 5.41) is 23.5. The number of hydrogen-bond donors (Lipinski definition) is 2. The number of hydrogen-bond acceptors (Lipinski definition) is 5. The van der Waals surface area contributed by atoms with Crippen molar-refractivity contribution in [1.29, 1.82) is 10.5 Å². The molecular formula is C13H13N5O. The van der Waals surface area contributed by atoms with Crippen LogP contribution >= 0.6 is 0 Å². The first-order valence-electron chi connectivity index (χ1n) is 5.65. The van der Waals surface area contributed by atoms with E-state index in [1.165, 1.54) is 0 Å². The third-order valence-corrected chi connectivity index (χ3v) is 2.34. The molecule has 1 rings (SSSR count). The van der Waals surface area contributed by atoms with Crippen LogP contribution in [-0.2, 0) is 0 Å². The first kappa shape index (κ1) is 14.2. The van der Waals surface area contributed by atoms with Gasteiger partial charge in [0.1, 0.15) is 12.1 Å². The number of nitriles is 2. The average Bonchev–Trinajstić information content (AvgIpc) is 2.42. The maximum absolute atomic E-state index is 11.7. The third kappa shape index (κ3) is 3.83. The van der Waals surface area contributed by atoms with Crippen LogP contribution in [-0.4, -0.2) is 18.2 Å². The largest absolute Gasteiger partial charge is 0.352 e. The summed E-state index contributed by atoms with van der Waals surface area (Å²) in [6.07, 6.45) is 0. The zero-order valence-electron chi connectivity index (χ0n) is 10.7. The highest BCUT2D eigenvalue weighted by Crippen LogP contribution is 2.17. The Labute approximate surface area is 111 Å². The predicted molar refractivity (Wildman–Crippen MR) is 71.5 cm³/mol. The zero-order valence-corrected chi connectivity index (χ0v) is 10.7. The molecule has 0 aromatic heterocycles. The summed E-state index contributed by atoms with van der Waals surface area (Å²) < 4.78 is 0. The van der Waals surface area contributed by atoms with Crippen molar-refractivity contribution in [2.45, 2.75) is 13.8 Å². The Hall–Kier alpha value is -2.86. The van der Waals surface area contributed by atoms with Crippen LogP contribution < -0.4 is 10.7 Å². The molecule has 0 unspecified atom stereocenters. The van der Waals surface area contributed by atoms with Gasteiger partial charge < -0.3 is 5.32 Å². The fraction of sp³-hybridized carbons (Fsp3) is 0.231. The highest BCUT2D eigenvalue weighted by molar-refractivity contribution is 6.10. The Morgan fingerprint density at radius 1 is 1.37 bits per heavy atom. The van der Waals surface area contributed by atoms with E-state index in [9.17, 15) is 4.79 Å². The molecule has 0 bridgehead atoms. The molecule has 0 radical (unpaired) electrons. The molecule has 19 heavy (non-hydrogen) atoms. The number of benzene rings is 1. The first-order chi connectivity index (χ1) is 9.12. The van der Waals surface area contributed by atoms with Gasteiger partial charge in [-0.25, -0.2) is 0 Å². The topological polar surface area (TPSA) is 101 Å². The van der Waals surface area contributed by atoms with E-state index in [1.807, 2.05) is 13.8 Å². The second kappa shape index (κ2) is 6.77. The van der Waals surface area contributed by atoms with Crippen LogP contribution in [0.2, 0.25) is 0 Å². The zero-order chi connectivity index (χ0) is 14.3. The van der Waals surface area contributed by atoms with Gasteiger partial charge in [-0.3, -0.25) is 10.2 Å². The van der Waals surface area contributed by atoms with Crippen molar-refractivity contribution < 1.29 is 4.79 Å². The van der Waals surface area contributed by atoms with E-state index in [0.717, 1.165) is 5.56 Å². The minimum absolute atomic E-state index is 0.185. The summed E-state index contributed by atoms with van der Waals surface area (Å²) in [5.74, 6) is -0.185. The third-order valence-electron chi connectivity index (χ3n) is 2.34. The number of aryl methyl sites for hydroxylation is 1. The van der Waals surface area contributed by atoms with Gasteiger partial charge in [0.15, 0.2) is 0 Å². The van der Waals surface area contributed by atoms with Crippen molar-refractivity contribution in [3.8, 4) is 12.1 Å². The molecule has 0 saturated heterocycles. The van der Waals surface area contributed by atoms with E-state index >= 15 is 0 Å². The molecule has 1 aromatic rings. The number of hydrazone groups is 1. The quantitative estimate of drug-likeness (QED) is 0.629. The molecule has 96 valence electrons. The normalized spacial score (nSPS) is 8.84. The summed E-state index contributed by atoms with van der Waals surface area (Å²) in [6.45, 7) is 4.21. The average molecular weight is 255 g/mol. The van der Waals surface area contributed by atoms with Crippen LogP contribution in [0.1, 0.15) is 22.8 Å². The number of amides is 1. The summed E-state index contributed by atoms with van der Waals surface area (Å²) in [7, 11) is 0. The number of rotatable bonds is 4. The van der Waals surface area contributed by atoms with E-state index in [0.29, 0.717) is 17.8 Å². The summed E-state index contributed by atoms with van der Waals surface area (Å²) in [5.41, 5.74) is 4.26. The van der Waals surface area contributed by atoms with Gasteiger partial charge >= 0.3 is 0 Å². The molecule has 6 heteroatoms. The molecule has 1 aromatic carbocycles. The monoisotopic (exact) mass is 255 g/mol. The lowest BCUT2D eigenvalue weighted by atomic mass is 10.1. The van der Waals surface area contributed by atoms with Crippen LogP contribution in [0.5, 0.6) is 0 Å². The van der Waals surface area contributed by atoms with Gasteiger partial charge in [0.2, 0.25) is 5.71 Å². The number of nitrogens with zero attached hydrogens (tertiary/aromatic N) is 3. The van der Waals surface area contributed by atoms with Crippen molar-refractivity contribution in [3.05, 3.63) is 29.3 Å². The molecule has 6 nitrogen and oxygen atoms in total. The Bertz CT molecular complexity index is 576. The number of carbonyl (C=O) groups excluding carboxylic acids is 1. The van der Waals surface area contributed by atoms with Gasteiger partial charge in [-0.2, -0.15) is 15.6 Å². The first-order valence-corrected chi connectivity index (χ1v) is 5.65. The molecule has 0 atom stereocenters. The molecule has 0 aliphatic carbocycles. The second-order valence-electron chi connectivity index (χ2n) is 3.68. The highest BCUT2D eigenvalue weighted by atomic mass is 16.1. The fourth-order valence-electron chi connectivity index (χ4n) is 1.34. The van der Waals surface area contributed by atoms with Gasteiger partial charge in [-0.1, -0.05) is 6.07 Å². The van der Waals surface area contributed by atoms with Gasteiger partial charge in [0, 0.05) is 12.1 Å². The molecule has 0 saturated carbocycles. The SMILES string of the molecule is CCNC(=O)c1ccc(C)c(NN=C(C#N)C#N)c1. The van der Waals surface area contributed by atoms with Crippen LogP contribution in [0.3, 0.4) is 0 Å². The molecular weight excluding hydrogens is 242 g/mol. The van der Waals surface area contributed by atoms with E-state index in [-0.39, 0.29) is 11.6 Å². The van der Waals surface area contributed by atoms with Crippen molar-refractivity contribution in [2.75, 3.05) is 12.0 Å². The molecule has 2 N–H and O–H groups in total. The predicted octanol–water partition coefficient (Wildman–Crippen LogP) is 1.56. The lowest BCUT2D eigenvalue weighted by Gasteiger charge is -2.08. The molecule has 0 aliphatic rings. The summed E-state index contributed by atoms with van der Waals surface area (Å²) in [4.78, 5) is 11.7. The van der Waals surface area contributed by atoms with Crippen LogP contribution in [0.25, 0.3) is 0 Å². The maximum Gasteiger partial charge on any atom is 0.251 e. The van der Waals surface area contributed by atoms with Crippen molar-refractivity contribution in [1.82, 2.24) is 5.32 Å². The molecule has 0 heterocycles. The van der Waals surface area contributed by atoms with Gasteiger partial charge in [-0.05, 0) is 31.5 Å². The summed E-state index contributed by atoms with van der Waals surface area (Å²) in [6, 6.07) is 8.38. The smallest absolute Gasteiger partial charge is 0.251 e. The Kier molecular flexibility index (Phi) is 5.06. The standard InChI is InChI=1S/C13H13N5O/c1-3-16-13(19)10-5-4-9(2)12(6-10)18-17-11(7-14)8-15/h4-6,18H,3H2,1-2H3,(H,16,19). The van der Waals surface area contributed by atoms with Crippen molar-refractivity contribution in [2.24, 2.45) is 5.10 Å². The van der Waals surface area contributed by atoms with E-state index in [1.54, 1.807) is 30.3 Å². The van der Waals surface area contributed by atoms with Crippen LogP contribution in [0, 0.1) is 29.6 Å². The van der Waals surface area contributed by atoms with Gasteiger partial charge in [0.25, 0.3) is 5.91 Å².